The predicted molar refractivity (Wildman–Crippen MR) is 78.4 cm³/mol. The number of azide groups is 1. The summed E-state index contributed by atoms with van der Waals surface area (Å²) < 4.78 is 30.0. The summed E-state index contributed by atoms with van der Waals surface area (Å²) in [4.78, 5) is 2.62. The van der Waals surface area contributed by atoms with Gasteiger partial charge in [0.1, 0.15) is 5.75 Å². The molecule has 0 aliphatic heterocycles. The van der Waals surface area contributed by atoms with Crippen LogP contribution in [0.15, 0.2) is 57.4 Å². The van der Waals surface area contributed by atoms with Gasteiger partial charge in [0.05, 0.1) is 34.2 Å². The molecule has 0 amide bonds. The van der Waals surface area contributed by atoms with E-state index in [0.717, 1.165) is 0 Å². The fourth-order valence-electron chi connectivity index (χ4n) is 1.80. The maximum Gasteiger partial charge on any atom is 0.206 e. The highest BCUT2D eigenvalue weighted by Crippen LogP contribution is 2.27. The monoisotopic (exact) mass is 314 g/mol. The zero-order valence-corrected chi connectivity index (χ0v) is 12.3. The van der Waals surface area contributed by atoms with E-state index >= 15 is 0 Å². The maximum absolute atomic E-state index is 12.5. The van der Waals surface area contributed by atoms with Crippen LogP contribution in [0.25, 0.3) is 10.4 Å². The Morgan fingerprint density at radius 1 is 1.18 bits per heavy atom. The van der Waals surface area contributed by atoms with Gasteiger partial charge in [0.15, 0.2) is 0 Å². The van der Waals surface area contributed by atoms with Gasteiger partial charge in [-0.15, -0.1) is 0 Å². The van der Waals surface area contributed by atoms with Crippen molar-refractivity contribution >= 4 is 15.5 Å². The van der Waals surface area contributed by atoms with Crippen LogP contribution < -0.4 is 4.74 Å². The Hall–Kier alpha value is -3.01. The Bertz CT molecular complexity index is 893. The summed E-state index contributed by atoms with van der Waals surface area (Å²) >= 11 is 0. The quantitative estimate of drug-likeness (QED) is 0.488. The normalized spacial score (nSPS) is 10.4. The molecule has 2 aromatic rings. The lowest BCUT2D eigenvalue weighted by molar-refractivity contribution is 0.414. The highest BCUT2D eigenvalue weighted by atomic mass is 32.2. The van der Waals surface area contributed by atoms with E-state index in [4.69, 9.17) is 15.5 Å². The molecule has 8 heteroatoms. The third kappa shape index (κ3) is 2.86. The molecule has 0 radical (unpaired) electrons. The molecule has 0 aliphatic carbocycles. The van der Waals surface area contributed by atoms with E-state index in [1.54, 1.807) is 0 Å². The topological polar surface area (TPSA) is 116 Å². The maximum atomic E-state index is 12.5. The Morgan fingerprint density at radius 3 is 2.36 bits per heavy atom. The Balaban J connectivity index is 2.53. The molecule has 0 aliphatic rings. The molecule has 0 spiro atoms. The number of rotatable bonds is 4. The second-order valence-corrected chi connectivity index (χ2v) is 6.11. The van der Waals surface area contributed by atoms with E-state index < -0.39 is 9.84 Å². The van der Waals surface area contributed by atoms with Crippen molar-refractivity contribution in [1.29, 1.82) is 5.26 Å². The second-order valence-electron chi connectivity index (χ2n) is 4.16. The molecule has 0 unspecified atom stereocenters. The van der Waals surface area contributed by atoms with Gasteiger partial charge < -0.3 is 4.74 Å². The lowest BCUT2D eigenvalue weighted by Gasteiger charge is -2.07. The first-order valence-electron chi connectivity index (χ1n) is 6.01. The van der Waals surface area contributed by atoms with Crippen LogP contribution in [0.1, 0.15) is 5.56 Å². The van der Waals surface area contributed by atoms with Crippen LogP contribution in [0.2, 0.25) is 0 Å². The zero-order chi connectivity index (χ0) is 16.2. The molecule has 110 valence electrons. The Morgan fingerprint density at radius 2 is 1.82 bits per heavy atom. The molecule has 0 bridgehead atoms. The SMILES string of the molecule is COc1ccc(S(=O)(=O)c2ccc(N=[N+]=[N-])c(C#N)c2)cc1. The molecule has 0 saturated carbocycles. The molecule has 0 fully saturated rings. The van der Waals surface area contributed by atoms with E-state index in [-0.39, 0.29) is 21.0 Å². The van der Waals surface area contributed by atoms with Gasteiger partial charge in [-0.1, -0.05) is 11.2 Å². The fraction of sp³-hybridized carbons (Fsp3) is 0.0714. The van der Waals surface area contributed by atoms with Crippen molar-refractivity contribution in [2.24, 2.45) is 5.11 Å². The summed E-state index contributed by atoms with van der Waals surface area (Å²) in [5.41, 5.74) is 8.49. The molecule has 0 heterocycles. The lowest BCUT2D eigenvalue weighted by Crippen LogP contribution is -2.02. The largest absolute Gasteiger partial charge is 0.497 e. The standard InChI is InChI=1S/C14H10N4O3S/c1-21-11-2-4-12(5-3-11)22(19,20)13-6-7-14(17-18-16)10(8-13)9-15/h2-8H,1H3. The number of benzene rings is 2. The highest BCUT2D eigenvalue weighted by Gasteiger charge is 2.19. The summed E-state index contributed by atoms with van der Waals surface area (Å²) in [6.07, 6.45) is 0. The van der Waals surface area contributed by atoms with E-state index in [1.807, 2.05) is 6.07 Å². The van der Waals surface area contributed by atoms with Gasteiger partial charge >= 0.3 is 0 Å². The first-order valence-corrected chi connectivity index (χ1v) is 7.49. The average molecular weight is 314 g/mol. The minimum absolute atomic E-state index is 0.00705. The zero-order valence-electron chi connectivity index (χ0n) is 11.5. The average Bonchev–Trinajstić information content (AvgIpc) is 2.55. The molecule has 0 atom stereocenters. The summed E-state index contributed by atoms with van der Waals surface area (Å²) in [6, 6.07) is 11.5. The summed E-state index contributed by atoms with van der Waals surface area (Å²) in [5.74, 6) is 0.537. The van der Waals surface area contributed by atoms with Crippen LogP contribution in [-0.2, 0) is 9.84 Å². The summed E-state index contributed by atoms with van der Waals surface area (Å²) in [6.45, 7) is 0. The van der Waals surface area contributed by atoms with Gasteiger partial charge in [0, 0.05) is 4.91 Å². The molecule has 0 aromatic heterocycles. The number of hydrogen-bond donors (Lipinski definition) is 0. The van der Waals surface area contributed by atoms with Gasteiger partial charge in [-0.25, -0.2) is 8.42 Å². The molecule has 2 aromatic carbocycles. The number of nitriles is 1. The summed E-state index contributed by atoms with van der Waals surface area (Å²) in [7, 11) is -2.29. The van der Waals surface area contributed by atoms with Crippen LogP contribution in [0.4, 0.5) is 5.69 Å². The number of methoxy groups -OCH3 is 1. The minimum Gasteiger partial charge on any atom is -0.497 e. The van der Waals surface area contributed by atoms with Gasteiger partial charge in [-0.3, -0.25) is 0 Å². The molecule has 0 saturated heterocycles. The fourth-order valence-corrected chi connectivity index (χ4v) is 3.08. The number of ether oxygens (including phenoxy) is 1. The van der Waals surface area contributed by atoms with Crippen molar-refractivity contribution < 1.29 is 13.2 Å². The van der Waals surface area contributed by atoms with Gasteiger partial charge in [0.25, 0.3) is 0 Å². The van der Waals surface area contributed by atoms with E-state index in [0.29, 0.717) is 5.75 Å². The number of nitrogens with zero attached hydrogens (tertiary/aromatic N) is 4. The third-order valence-electron chi connectivity index (χ3n) is 2.92. The van der Waals surface area contributed by atoms with Crippen molar-refractivity contribution in [3.63, 3.8) is 0 Å². The summed E-state index contributed by atoms with van der Waals surface area (Å²) in [5, 5.41) is 12.4. The van der Waals surface area contributed by atoms with Gasteiger partial charge in [-0.2, -0.15) is 5.26 Å². The second kappa shape index (κ2) is 6.18. The van der Waals surface area contributed by atoms with Crippen LogP contribution in [0.3, 0.4) is 0 Å². The van der Waals surface area contributed by atoms with Crippen molar-refractivity contribution in [3.8, 4) is 11.8 Å². The van der Waals surface area contributed by atoms with Crippen LogP contribution in [0.5, 0.6) is 5.75 Å². The third-order valence-corrected chi connectivity index (χ3v) is 4.69. The van der Waals surface area contributed by atoms with E-state index in [2.05, 4.69) is 10.0 Å². The molecule has 0 N–H and O–H groups in total. The van der Waals surface area contributed by atoms with E-state index in [9.17, 15) is 8.42 Å². The van der Waals surface area contributed by atoms with Crippen molar-refractivity contribution in [2.45, 2.75) is 9.79 Å². The lowest BCUT2D eigenvalue weighted by atomic mass is 10.2. The first-order chi connectivity index (χ1) is 10.5. The molecule has 2 rings (SSSR count). The molecule has 22 heavy (non-hydrogen) atoms. The van der Waals surface area contributed by atoms with Crippen LogP contribution >= 0.6 is 0 Å². The molecule has 7 nitrogen and oxygen atoms in total. The number of sulfone groups is 1. The predicted octanol–water partition coefficient (Wildman–Crippen LogP) is 3.34. The van der Waals surface area contributed by atoms with Crippen molar-refractivity contribution in [2.75, 3.05) is 7.11 Å². The van der Waals surface area contributed by atoms with E-state index in [1.165, 1.54) is 49.6 Å². The first kappa shape index (κ1) is 15.4. The van der Waals surface area contributed by atoms with Crippen molar-refractivity contribution in [3.05, 3.63) is 58.5 Å². The smallest absolute Gasteiger partial charge is 0.206 e. The van der Waals surface area contributed by atoms with Gasteiger partial charge in [0.2, 0.25) is 9.84 Å². The van der Waals surface area contributed by atoms with Crippen LogP contribution in [-0.4, -0.2) is 15.5 Å². The van der Waals surface area contributed by atoms with Crippen molar-refractivity contribution in [1.82, 2.24) is 0 Å². The number of hydrogen-bond acceptors (Lipinski definition) is 5. The van der Waals surface area contributed by atoms with Crippen LogP contribution in [0, 0.1) is 11.3 Å². The molecular weight excluding hydrogens is 304 g/mol. The molecular formula is C14H10N4O3S. The Kier molecular flexibility index (Phi) is 4.32. The highest BCUT2D eigenvalue weighted by molar-refractivity contribution is 7.91. The minimum atomic E-state index is -3.77. The Labute approximate surface area is 126 Å². The van der Waals surface area contributed by atoms with Gasteiger partial charge in [-0.05, 0) is 41.9 Å².